The Morgan fingerprint density at radius 3 is 2.41 bits per heavy atom. The van der Waals surface area contributed by atoms with Gasteiger partial charge in [0.25, 0.3) is 0 Å². The van der Waals surface area contributed by atoms with Crippen LogP contribution in [0.2, 0.25) is 0 Å². The van der Waals surface area contributed by atoms with E-state index in [1.807, 2.05) is 6.07 Å². The zero-order chi connectivity index (χ0) is 19.0. The lowest BCUT2D eigenvalue weighted by atomic mass is 10.0. The molecule has 2 aromatic carbocycles. The molecule has 4 rings (SSSR count). The van der Waals surface area contributed by atoms with Gasteiger partial charge in [-0.25, -0.2) is 8.42 Å². The van der Waals surface area contributed by atoms with Gasteiger partial charge >= 0.3 is 0 Å². The minimum absolute atomic E-state index is 0.213. The lowest BCUT2D eigenvalue weighted by Crippen LogP contribution is -2.48. The molecule has 1 aromatic heterocycles. The van der Waals surface area contributed by atoms with Crippen molar-refractivity contribution >= 4 is 20.8 Å². The third kappa shape index (κ3) is 3.38. The number of sulfonamides is 1. The van der Waals surface area contributed by atoms with Gasteiger partial charge in [-0.15, -0.1) is 0 Å². The molecule has 1 fully saturated rings. The molecule has 1 aliphatic heterocycles. The van der Waals surface area contributed by atoms with Gasteiger partial charge in [0.05, 0.1) is 0 Å². The highest BCUT2D eigenvalue weighted by Gasteiger charge is 2.33. The van der Waals surface area contributed by atoms with Crippen molar-refractivity contribution in [3.8, 4) is 0 Å². The monoisotopic (exact) mass is 385 g/mol. The van der Waals surface area contributed by atoms with E-state index in [0.717, 1.165) is 6.54 Å². The van der Waals surface area contributed by atoms with E-state index >= 15 is 0 Å². The molecular formula is C20H23N3O3S. The van der Waals surface area contributed by atoms with Crippen LogP contribution in [0.3, 0.4) is 0 Å². The Labute approximate surface area is 159 Å². The first-order valence-electron chi connectivity index (χ1n) is 9.09. The van der Waals surface area contributed by atoms with Crippen molar-refractivity contribution in [2.24, 2.45) is 0 Å². The van der Waals surface area contributed by atoms with Crippen molar-refractivity contribution in [3.63, 3.8) is 0 Å². The van der Waals surface area contributed by atoms with Crippen molar-refractivity contribution in [1.82, 2.24) is 14.4 Å². The number of rotatable bonds is 4. The van der Waals surface area contributed by atoms with Crippen molar-refractivity contribution in [3.05, 3.63) is 59.5 Å². The van der Waals surface area contributed by atoms with Crippen LogP contribution in [-0.2, 0) is 16.6 Å². The molecule has 142 valence electrons. The van der Waals surface area contributed by atoms with Gasteiger partial charge in [0, 0.05) is 32.7 Å². The van der Waals surface area contributed by atoms with Gasteiger partial charge in [-0.1, -0.05) is 47.6 Å². The van der Waals surface area contributed by atoms with Gasteiger partial charge in [0.1, 0.15) is 10.6 Å². The Balaban J connectivity index is 1.48. The molecule has 0 radical (unpaired) electrons. The van der Waals surface area contributed by atoms with Gasteiger partial charge in [-0.2, -0.15) is 4.31 Å². The largest absolute Gasteiger partial charge is 0.360 e. The maximum absolute atomic E-state index is 12.9. The standard InChI is InChI=1S/C20H23N3O3S/c1-15-20(16(2)26-21-15)27(24,25)23-12-10-22(11-13-23)14-18-8-5-7-17-6-3-4-9-19(17)18/h3-9H,10-14H2,1-2H3. The SMILES string of the molecule is Cc1noc(C)c1S(=O)(=O)N1CCN(Cc2cccc3ccccc23)CC1. The van der Waals surface area contributed by atoms with E-state index in [9.17, 15) is 8.42 Å². The van der Waals surface area contributed by atoms with Crippen molar-refractivity contribution in [1.29, 1.82) is 0 Å². The van der Waals surface area contributed by atoms with E-state index < -0.39 is 10.0 Å². The quantitative estimate of drug-likeness (QED) is 0.691. The van der Waals surface area contributed by atoms with Crippen LogP contribution >= 0.6 is 0 Å². The topological polar surface area (TPSA) is 66.7 Å². The molecule has 1 aliphatic rings. The molecule has 1 saturated heterocycles. The summed E-state index contributed by atoms with van der Waals surface area (Å²) in [5, 5.41) is 6.27. The Morgan fingerprint density at radius 2 is 1.70 bits per heavy atom. The predicted octanol–water partition coefficient (Wildman–Crippen LogP) is 2.95. The minimum atomic E-state index is -3.56. The van der Waals surface area contributed by atoms with E-state index in [1.165, 1.54) is 16.3 Å². The molecule has 0 aliphatic carbocycles. The third-order valence-electron chi connectivity index (χ3n) is 5.17. The second-order valence-corrected chi connectivity index (χ2v) is 8.85. The van der Waals surface area contributed by atoms with E-state index in [2.05, 4.69) is 46.5 Å². The van der Waals surface area contributed by atoms with Crippen LogP contribution in [0, 0.1) is 13.8 Å². The molecule has 0 amide bonds. The third-order valence-corrected chi connectivity index (χ3v) is 7.31. The summed E-state index contributed by atoms with van der Waals surface area (Å²) in [6.45, 7) is 6.47. The van der Waals surface area contributed by atoms with Gasteiger partial charge in [0.15, 0.2) is 5.76 Å². The average Bonchev–Trinajstić information content (AvgIpc) is 3.01. The van der Waals surface area contributed by atoms with Crippen LogP contribution < -0.4 is 0 Å². The van der Waals surface area contributed by atoms with E-state index in [-0.39, 0.29) is 4.90 Å². The molecule has 0 saturated carbocycles. The van der Waals surface area contributed by atoms with Crippen LogP contribution in [0.5, 0.6) is 0 Å². The van der Waals surface area contributed by atoms with Gasteiger partial charge in [0.2, 0.25) is 10.0 Å². The molecule has 0 N–H and O–H groups in total. The number of aromatic nitrogens is 1. The van der Waals surface area contributed by atoms with Crippen molar-refractivity contribution in [2.45, 2.75) is 25.3 Å². The molecule has 27 heavy (non-hydrogen) atoms. The molecule has 0 bridgehead atoms. The smallest absolute Gasteiger partial charge is 0.248 e. The maximum Gasteiger partial charge on any atom is 0.248 e. The highest BCUT2D eigenvalue weighted by molar-refractivity contribution is 7.89. The molecule has 7 heteroatoms. The first-order chi connectivity index (χ1) is 13.0. The summed E-state index contributed by atoms with van der Waals surface area (Å²) < 4.78 is 32.5. The molecule has 0 spiro atoms. The summed E-state index contributed by atoms with van der Waals surface area (Å²) in [5.74, 6) is 0.352. The molecular weight excluding hydrogens is 362 g/mol. The van der Waals surface area contributed by atoms with Crippen LogP contribution in [0.15, 0.2) is 51.9 Å². The van der Waals surface area contributed by atoms with Crippen molar-refractivity contribution in [2.75, 3.05) is 26.2 Å². The van der Waals surface area contributed by atoms with Gasteiger partial charge in [-0.05, 0) is 30.2 Å². The number of piperazine rings is 1. The fourth-order valence-corrected chi connectivity index (χ4v) is 5.48. The summed E-state index contributed by atoms with van der Waals surface area (Å²) in [5.41, 5.74) is 1.70. The first-order valence-corrected chi connectivity index (χ1v) is 10.5. The number of hydrogen-bond donors (Lipinski definition) is 0. The Hall–Kier alpha value is -2.22. The number of fused-ring (bicyclic) bond motifs is 1. The number of nitrogens with zero attached hydrogens (tertiary/aromatic N) is 3. The van der Waals surface area contributed by atoms with Crippen LogP contribution in [0.25, 0.3) is 10.8 Å². The van der Waals surface area contributed by atoms with E-state index in [1.54, 1.807) is 18.2 Å². The predicted molar refractivity (Wildman–Crippen MR) is 104 cm³/mol. The van der Waals surface area contributed by atoms with Gasteiger partial charge < -0.3 is 4.52 Å². The minimum Gasteiger partial charge on any atom is -0.360 e. The zero-order valence-corrected chi connectivity index (χ0v) is 16.4. The van der Waals surface area contributed by atoms with Crippen LogP contribution in [-0.4, -0.2) is 49.0 Å². The second kappa shape index (κ2) is 7.07. The number of benzene rings is 2. The second-order valence-electron chi connectivity index (χ2n) is 6.97. The normalized spacial score (nSPS) is 16.8. The molecule has 2 heterocycles. The lowest BCUT2D eigenvalue weighted by molar-refractivity contribution is 0.182. The Bertz CT molecular complexity index is 1040. The maximum atomic E-state index is 12.9. The molecule has 3 aromatic rings. The molecule has 0 atom stereocenters. The number of aryl methyl sites for hydroxylation is 2. The van der Waals surface area contributed by atoms with Crippen LogP contribution in [0.4, 0.5) is 0 Å². The highest BCUT2D eigenvalue weighted by atomic mass is 32.2. The highest BCUT2D eigenvalue weighted by Crippen LogP contribution is 2.25. The molecule has 6 nitrogen and oxygen atoms in total. The average molecular weight is 385 g/mol. The summed E-state index contributed by atoms with van der Waals surface area (Å²) in [6.07, 6.45) is 0. The molecule has 0 unspecified atom stereocenters. The fourth-order valence-electron chi connectivity index (χ4n) is 3.77. The summed E-state index contributed by atoms with van der Waals surface area (Å²) in [6, 6.07) is 14.7. The Morgan fingerprint density at radius 1 is 1.00 bits per heavy atom. The van der Waals surface area contributed by atoms with Gasteiger partial charge in [-0.3, -0.25) is 4.90 Å². The Kier molecular flexibility index (Phi) is 4.75. The first kappa shape index (κ1) is 18.2. The summed E-state index contributed by atoms with van der Waals surface area (Å²) >= 11 is 0. The number of hydrogen-bond acceptors (Lipinski definition) is 5. The van der Waals surface area contributed by atoms with E-state index in [0.29, 0.717) is 37.6 Å². The van der Waals surface area contributed by atoms with Crippen LogP contribution in [0.1, 0.15) is 17.0 Å². The summed E-state index contributed by atoms with van der Waals surface area (Å²) in [7, 11) is -3.56. The van der Waals surface area contributed by atoms with E-state index in [4.69, 9.17) is 4.52 Å². The lowest BCUT2D eigenvalue weighted by Gasteiger charge is -2.34. The zero-order valence-electron chi connectivity index (χ0n) is 15.6. The summed E-state index contributed by atoms with van der Waals surface area (Å²) in [4.78, 5) is 2.52. The van der Waals surface area contributed by atoms with Crippen molar-refractivity contribution < 1.29 is 12.9 Å². The fraction of sp³-hybridized carbons (Fsp3) is 0.350.